The van der Waals surface area contributed by atoms with Gasteiger partial charge >= 0.3 is 0 Å². The van der Waals surface area contributed by atoms with E-state index in [9.17, 15) is 0 Å². The number of nitrogens with zero attached hydrogens (tertiary/aromatic N) is 2. The molecule has 0 saturated carbocycles. The minimum atomic E-state index is 0.283. The van der Waals surface area contributed by atoms with Gasteiger partial charge in [0.15, 0.2) is 0 Å². The summed E-state index contributed by atoms with van der Waals surface area (Å²) >= 11 is 6.36. The van der Waals surface area contributed by atoms with Gasteiger partial charge in [0.2, 0.25) is 0 Å². The lowest BCUT2D eigenvalue weighted by molar-refractivity contribution is 0.547. The van der Waals surface area contributed by atoms with Crippen LogP contribution in [-0.2, 0) is 20.0 Å². The Labute approximate surface area is 126 Å². The summed E-state index contributed by atoms with van der Waals surface area (Å²) in [6.45, 7) is 7.07. The van der Waals surface area contributed by atoms with E-state index in [0.29, 0.717) is 0 Å². The van der Waals surface area contributed by atoms with Crippen molar-refractivity contribution in [2.24, 2.45) is 7.05 Å². The van der Waals surface area contributed by atoms with E-state index in [1.165, 1.54) is 11.1 Å². The largest absolute Gasteiger partial charge is 0.305 e. The Morgan fingerprint density at radius 3 is 2.75 bits per heavy atom. The summed E-state index contributed by atoms with van der Waals surface area (Å²) in [5, 5.41) is 8.75. The van der Waals surface area contributed by atoms with Crippen molar-refractivity contribution in [3.8, 4) is 0 Å². The van der Waals surface area contributed by atoms with Gasteiger partial charge in [0, 0.05) is 19.6 Å². The fourth-order valence-electron chi connectivity index (χ4n) is 2.32. The van der Waals surface area contributed by atoms with Crippen LogP contribution >= 0.6 is 11.6 Å². The molecular weight excluding hydrogens is 270 g/mol. The van der Waals surface area contributed by atoms with Crippen LogP contribution < -0.4 is 5.32 Å². The van der Waals surface area contributed by atoms with Crippen LogP contribution in [0.3, 0.4) is 0 Å². The second-order valence-electron chi connectivity index (χ2n) is 5.20. The third-order valence-corrected chi connectivity index (χ3v) is 4.06. The molecule has 0 spiro atoms. The van der Waals surface area contributed by atoms with Gasteiger partial charge in [-0.05, 0) is 25.8 Å². The number of halogens is 1. The summed E-state index contributed by atoms with van der Waals surface area (Å²) in [5.74, 6) is 0. The minimum absolute atomic E-state index is 0.283. The van der Waals surface area contributed by atoms with E-state index in [2.05, 4.69) is 55.5 Å². The van der Waals surface area contributed by atoms with Gasteiger partial charge in [-0.2, -0.15) is 5.10 Å². The Morgan fingerprint density at radius 2 is 2.15 bits per heavy atom. The van der Waals surface area contributed by atoms with Crippen LogP contribution in [0.1, 0.15) is 42.4 Å². The maximum Gasteiger partial charge on any atom is 0.0863 e. The van der Waals surface area contributed by atoms with Crippen LogP contribution in [0, 0.1) is 6.92 Å². The first-order valence-corrected chi connectivity index (χ1v) is 7.41. The first-order chi connectivity index (χ1) is 9.52. The summed E-state index contributed by atoms with van der Waals surface area (Å²) in [5.41, 5.74) is 4.58. The van der Waals surface area contributed by atoms with E-state index in [-0.39, 0.29) is 6.04 Å². The smallest absolute Gasteiger partial charge is 0.0863 e. The maximum absolute atomic E-state index is 6.36. The number of rotatable bonds is 5. The Bertz CT molecular complexity index is 589. The van der Waals surface area contributed by atoms with Crippen molar-refractivity contribution in [3.05, 3.63) is 51.8 Å². The number of aryl methyl sites for hydroxylation is 3. The van der Waals surface area contributed by atoms with Crippen molar-refractivity contribution in [2.75, 3.05) is 0 Å². The first kappa shape index (κ1) is 15.1. The van der Waals surface area contributed by atoms with Gasteiger partial charge in [0.05, 0.1) is 16.4 Å². The average Bonchev–Trinajstić information content (AvgIpc) is 2.71. The van der Waals surface area contributed by atoms with Crippen LogP contribution in [0.4, 0.5) is 0 Å². The van der Waals surface area contributed by atoms with E-state index in [1.54, 1.807) is 0 Å². The van der Waals surface area contributed by atoms with Crippen molar-refractivity contribution in [1.82, 2.24) is 15.1 Å². The third-order valence-electron chi connectivity index (χ3n) is 3.62. The number of aromatic nitrogens is 2. The zero-order chi connectivity index (χ0) is 14.7. The molecule has 0 radical (unpaired) electrons. The summed E-state index contributed by atoms with van der Waals surface area (Å²) in [4.78, 5) is 0. The van der Waals surface area contributed by atoms with Crippen LogP contribution in [0.2, 0.25) is 5.02 Å². The second kappa shape index (κ2) is 6.42. The molecule has 0 fully saturated rings. The molecule has 108 valence electrons. The van der Waals surface area contributed by atoms with Gasteiger partial charge in [-0.25, -0.2) is 0 Å². The normalized spacial score (nSPS) is 12.7. The summed E-state index contributed by atoms with van der Waals surface area (Å²) in [7, 11) is 1.94. The molecule has 1 N–H and O–H groups in total. The molecule has 3 nitrogen and oxygen atoms in total. The lowest BCUT2D eigenvalue weighted by Gasteiger charge is -2.15. The van der Waals surface area contributed by atoms with Gasteiger partial charge in [-0.3, -0.25) is 4.68 Å². The fourth-order valence-corrected chi connectivity index (χ4v) is 2.68. The van der Waals surface area contributed by atoms with E-state index in [0.717, 1.165) is 29.4 Å². The highest BCUT2D eigenvalue weighted by atomic mass is 35.5. The lowest BCUT2D eigenvalue weighted by atomic mass is 10.1. The summed E-state index contributed by atoms with van der Waals surface area (Å²) in [6, 6.07) is 8.84. The molecule has 1 aromatic carbocycles. The van der Waals surface area contributed by atoms with Crippen LogP contribution in [0.15, 0.2) is 24.3 Å². The Balaban J connectivity index is 2.07. The molecule has 2 rings (SSSR count). The second-order valence-corrected chi connectivity index (χ2v) is 5.58. The molecule has 0 aliphatic carbocycles. The van der Waals surface area contributed by atoms with Gasteiger partial charge in [0.25, 0.3) is 0 Å². The van der Waals surface area contributed by atoms with Crippen molar-refractivity contribution >= 4 is 11.6 Å². The highest BCUT2D eigenvalue weighted by Gasteiger charge is 2.14. The molecule has 4 heteroatoms. The molecule has 20 heavy (non-hydrogen) atoms. The van der Waals surface area contributed by atoms with Crippen LogP contribution in [0.25, 0.3) is 0 Å². The topological polar surface area (TPSA) is 29.9 Å². The highest BCUT2D eigenvalue weighted by Crippen LogP contribution is 2.22. The van der Waals surface area contributed by atoms with Gasteiger partial charge < -0.3 is 5.32 Å². The van der Waals surface area contributed by atoms with E-state index >= 15 is 0 Å². The van der Waals surface area contributed by atoms with Crippen LogP contribution in [0.5, 0.6) is 0 Å². The van der Waals surface area contributed by atoms with Crippen molar-refractivity contribution < 1.29 is 0 Å². The Kier molecular flexibility index (Phi) is 4.84. The monoisotopic (exact) mass is 291 g/mol. The quantitative estimate of drug-likeness (QED) is 0.908. The molecule has 0 aliphatic rings. The SMILES string of the molecule is CCc1nn(C)c(CN[C@@H](C)c2cccc(C)c2)c1Cl. The highest BCUT2D eigenvalue weighted by molar-refractivity contribution is 6.31. The molecule has 1 aromatic heterocycles. The van der Waals surface area contributed by atoms with Gasteiger partial charge in [-0.15, -0.1) is 0 Å². The predicted octanol–water partition coefficient (Wildman–Crippen LogP) is 3.80. The molecule has 0 amide bonds. The molecule has 1 atom stereocenters. The first-order valence-electron chi connectivity index (χ1n) is 7.03. The molecule has 0 bridgehead atoms. The van der Waals surface area contributed by atoms with Gasteiger partial charge in [0.1, 0.15) is 0 Å². The third kappa shape index (κ3) is 3.22. The summed E-state index contributed by atoms with van der Waals surface area (Å²) < 4.78 is 1.87. The molecule has 0 unspecified atom stereocenters. The molecule has 0 aliphatic heterocycles. The Hall–Kier alpha value is -1.32. The lowest BCUT2D eigenvalue weighted by Crippen LogP contribution is -2.20. The standard InChI is InChI=1S/C16H22ClN3/c1-5-14-16(17)15(20(4)19-14)10-18-12(3)13-8-6-7-11(2)9-13/h6-9,12,18H,5,10H2,1-4H3/t12-/m0/s1. The molecule has 1 heterocycles. The molecular formula is C16H22ClN3. The number of nitrogens with one attached hydrogen (secondary N) is 1. The zero-order valence-electron chi connectivity index (χ0n) is 12.6. The number of benzene rings is 1. The molecule has 0 saturated heterocycles. The Morgan fingerprint density at radius 1 is 1.40 bits per heavy atom. The average molecular weight is 292 g/mol. The maximum atomic E-state index is 6.36. The fraction of sp³-hybridized carbons (Fsp3) is 0.438. The minimum Gasteiger partial charge on any atom is -0.305 e. The van der Waals surface area contributed by atoms with E-state index in [1.807, 2.05) is 11.7 Å². The van der Waals surface area contributed by atoms with Crippen molar-refractivity contribution in [3.63, 3.8) is 0 Å². The zero-order valence-corrected chi connectivity index (χ0v) is 13.3. The van der Waals surface area contributed by atoms with Crippen molar-refractivity contribution in [2.45, 2.75) is 39.8 Å². The van der Waals surface area contributed by atoms with Gasteiger partial charge in [-0.1, -0.05) is 48.4 Å². The van der Waals surface area contributed by atoms with Crippen molar-refractivity contribution in [1.29, 1.82) is 0 Å². The number of hydrogen-bond acceptors (Lipinski definition) is 2. The van der Waals surface area contributed by atoms with Crippen LogP contribution in [-0.4, -0.2) is 9.78 Å². The van der Waals surface area contributed by atoms with E-state index < -0.39 is 0 Å². The summed E-state index contributed by atoms with van der Waals surface area (Å²) in [6.07, 6.45) is 0.861. The molecule has 2 aromatic rings. The number of hydrogen-bond donors (Lipinski definition) is 1. The van der Waals surface area contributed by atoms with E-state index in [4.69, 9.17) is 11.6 Å². The predicted molar refractivity (Wildman–Crippen MR) is 84.0 cm³/mol.